The van der Waals surface area contributed by atoms with Crippen LogP contribution in [0.15, 0.2) is 78.9 Å². The van der Waals surface area contributed by atoms with Crippen LogP contribution >= 0.6 is 0 Å². The average Bonchev–Trinajstić information content (AvgIpc) is 2.82. The van der Waals surface area contributed by atoms with Crippen molar-refractivity contribution in [3.05, 3.63) is 101 Å². The van der Waals surface area contributed by atoms with Crippen molar-refractivity contribution in [2.45, 2.75) is 39.9 Å². The molecule has 0 radical (unpaired) electrons. The van der Waals surface area contributed by atoms with Crippen LogP contribution in [-0.4, -0.2) is 30.1 Å². The van der Waals surface area contributed by atoms with Gasteiger partial charge in [0.05, 0.1) is 23.3 Å². The number of carbonyl (C=O) groups excluding carboxylic acids is 3. The molecule has 1 N–H and O–H groups in total. The summed E-state index contributed by atoms with van der Waals surface area (Å²) in [6.45, 7) is 6.94. The summed E-state index contributed by atoms with van der Waals surface area (Å²) >= 11 is 0. The number of carbonyl (C=O) groups is 3. The van der Waals surface area contributed by atoms with E-state index >= 15 is 0 Å². The minimum atomic E-state index is -0.599. The average molecular weight is 472 g/mol. The van der Waals surface area contributed by atoms with E-state index in [1.54, 1.807) is 33.8 Å². The van der Waals surface area contributed by atoms with E-state index in [1.807, 2.05) is 60.7 Å². The summed E-state index contributed by atoms with van der Waals surface area (Å²) in [6, 6.07) is 23.1. The largest absolute Gasteiger partial charge is 0.459 e. The smallest absolute Gasteiger partial charge is 0.338 e. The van der Waals surface area contributed by atoms with Crippen LogP contribution in [0.1, 0.15) is 59.5 Å². The van der Waals surface area contributed by atoms with Crippen molar-refractivity contribution in [1.29, 1.82) is 0 Å². The van der Waals surface area contributed by atoms with Crippen molar-refractivity contribution >= 4 is 35.2 Å². The zero-order valence-electron chi connectivity index (χ0n) is 20.3. The summed E-state index contributed by atoms with van der Waals surface area (Å²) in [5.41, 5.74) is 2.57. The van der Waals surface area contributed by atoms with Crippen LogP contribution in [0.4, 0.5) is 5.69 Å². The molecular formula is C29H29NO5. The van der Waals surface area contributed by atoms with Crippen LogP contribution in [-0.2, 0) is 14.3 Å². The van der Waals surface area contributed by atoms with Crippen molar-refractivity contribution in [3.63, 3.8) is 0 Å². The van der Waals surface area contributed by atoms with Gasteiger partial charge in [0.25, 0.3) is 5.91 Å². The van der Waals surface area contributed by atoms with E-state index in [-0.39, 0.29) is 29.0 Å². The predicted octanol–water partition coefficient (Wildman–Crippen LogP) is 6.00. The van der Waals surface area contributed by atoms with Gasteiger partial charge in [-0.25, -0.2) is 9.59 Å². The van der Waals surface area contributed by atoms with Crippen molar-refractivity contribution in [1.82, 2.24) is 0 Å². The van der Waals surface area contributed by atoms with Crippen LogP contribution in [0.25, 0.3) is 11.6 Å². The minimum absolute atomic E-state index is 0.139. The highest BCUT2D eigenvalue weighted by molar-refractivity contribution is 6.29. The van der Waals surface area contributed by atoms with Crippen LogP contribution < -0.4 is 5.32 Å². The number of esters is 2. The van der Waals surface area contributed by atoms with Crippen molar-refractivity contribution in [3.8, 4) is 0 Å². The number of amides is 1. The van der Waals surface area contributed by atoms with E-state index in [9.17, 15) is 14.4 Å². The fourth-order valence-electron chi connectivity index (χ4n) is 3.31. The van der Waals surface area contributed by atoms with Gasteiger partial charge in [0.1, 0.15) is 0 Å². The maximum absolute atomic E-state index is 13.4. The molecule has 0 fully saturated rings. The SMILES string of the molecule is CC(C)OC(=O)c1cc(NC(=O)C(=Cc2ccccc2)c2ccccc2)cc(C(=O)OC(C)C)c1. The summed E-state index contributed by atoms with van der Waals surface area (Å²) in [4.78, 5) is 38.6. The second-order valence-corrected chi connectivity index (χ2v) is 8.50. The third-order valence-electron chi connectivity index (χ3n) is 4.79. The Morgan fingerprint density at radius 1 is 0.686 bits per heavy atom. The van der Waals surface area contributed by atoms with Crippen LogP contribution in [0, 0.1) is 0 Å². The van der Waals surface area contributed by atoms with Gasteiger partial charge in [0, 0.05) is 11.3 Å². The second kappa shape index (κ2) is 11.8. The van der Waals surface area contributed by atoms with Crippen LogP contribution in [0.2, 0.25) is 0 Å². The van der Waals surface area contributed by atoms with E-state index in [1.165, 1.54) is 18.2 Å². The molecule has 6 nitrogen and oxygen atoms in total. The Balaban J connectivity index is 2.00. The molecule has 180 valence electrons. The zero-order chi connectivity index (χ0) is 25.4. The van der Waals surface area contributed by atoms with Crippen LogP contribution in [0.5, 0.6) is 0 Å². The van der Waals surface area contributed by atoms with Gasteiger partial charge in [-0.1, -0.05) is 60.7 Å². The van der Waals surface area contributed by atoms with Crippen LogP contribution in [0.3, 0.4) is 0 Å². The molecule has 0 unspecified atom stereocenters. The Hall–Kier alpha value is -4.19. The number of ether oxygens (including phenoxy) is 2. The molecule has 3 rings (SSSR count). The van der Waals surface area contributed by atoms with Crippen molar-refractivity contribution in [2.75, 3.05) is 5.32 Å². The molecular weight excluding hydrogens is 442 g/mol. The van der Waals surface area contributed by atoms with Crippen molar-refractivity contribution in [2.24, 2.45) is 0 Å². The monoisotopic (exact) mass is 471 g/mol. The lowest BCUT2D eigenvalue weighted by atomic mass is 10.0. The lowest BCUT2D eigenvalue weighted by molar-refractivity contribution is -0.111. The molecule has 0 saturated heterocycles. The fourth-order valence-corrected chi connectivity index (χ4v) is 3.31. The molecule has 3 aromatic carbocycles. The molecule has 1 amide bonds. The Morgan fingerprint density at radius 3 is 1.66 bits per heavy atom. The van der Waals surface area contributed by atoms with E-state index in [0.29, 0.717) is 5.57 Å². The molecule has 0 aliphatic heterocycles. The Bertz CT molecular complexity index is 1170. The Labute approximate surface area is 205 Å². The maximum Gasteiger partial charge on any atom is 0.338 e. The molecule has 0 spiro atoms. The summed E-state index contributed by atoms with van der Waals surface area (Å²) in [5.74, 6) is -1.59. The van der Waals surface area contributed by atoms with E-state index < -0.39 is 17.8 Å². The first-order chi connectivity index (χ1) is 16.7. The zero-order valence-corrected chi connectivity index (χ0v) is 20.3. The number of rotatable bonds is 8. The number of hydrogen-bond donors (Lipinski definition) is 1. The van der Waals surface area contributed by atoms with Gasteiger partial charge in [0.15, 0.2) is 0 Å². The van der Waals surface area contributed by atoms with Gasteiger partial charge < -0.3 is 14.8 Å². The quantitative estimate of drug-likeness (QED) is 0.248. The lowest BCUT2D eigenvalue weighted by Gasteiger charge is -2.14. The predicted molar refractivity (Wildman–Crippen MR) is 137 cm³/mol. The molecule has 35 heavy (non-hydrogen) atoms. The van der Waals surface area contributed by atoms with Gasteiger partial charge in [-0.3, -0.25) is 4.79 Å². The summed E-state index contributed by atoms with van der Waals surface area (Å²) < 4.78 is 10.6. The third-order valence-corrected chi connectivity index (χ3v) is 4.79. The molecule has 3 aromatic rings. The van der Waals surface area contributed by atoms with Gasteiger partial charge in [-0.05, 0) is 63.1 Å². The number of hydrogen-bond acceptors (Lipinski definition) is 5. The molecule has 0 atom stereocenters. The van der Waals surface area contributed by atoms with Crippen molar-refractivity contribution < 1.29 is 23.9 Å². The summed E-state index contributed by atoms with van der Waals surface area (Å²) in [7, 11) is 0. The number of nitrogens with one attached hydrogen (secondary N) is 1. The molecule has 0 aliphatic rings. The molecule has 6 heteroatoms. The standard InChI is InChI=1S/C29H29NO5/c1-19(2)34-28(32)23-16-24(29(33)35-20(3)4)18-25(17-23)30-27(31)26(22-13-9-6-10-14-22)15-21-11-7-5-8-12-21/h5-20H,1-4H3,(H,30,31). The lowest BCUT2D eigenvalue weighted by Crippen LogP contribution is -2.18. The normalized spacial score (nSPS) is 11.3. The highest BCUT2D eigenvalue weighted by Crippen LogP contribution is 2.23. The van der Waals surface area contributed by atoms with Gasteiger partial charge >= 0.3 is 11.9 Å². The first-order valence-corrected chi connectivity index (χ1v) is 11.4. The number of anilines is 1. The first-order valence-electron chi connectivity index (χ1n) is 11.4. The highest BCUT2D eigenvalue weighted by Gasteiger charge is 2.19. The van der Waals surface area contributed by atoms with E-state index in [0.717, 1.165) is 11.1 Å². The Morgan fingerprint density at radius 2 is 1.17 bits per heavy atom. The molecule has 0 aliphatic carbocycles. The first kappa shape index (κ1) is 25.4. The molecule has 0 aromatic heterocycles. The van der Waals surface area contributed by atoms with E-state index in [4.69, 9.17) is 9.47 Å². The number of benzene rings is 3. The van der Waals surface area contributed by atoms with Gasteiger partial charge in [-0.15, -0.1) is 0 Å². The Kier molecular flexibility index (Phi) is 8.57. The third kappa shape index (κ3) is 7.40. The van der Waals surface area contributed by atoms with Gasteiger partial charge in [0.2, 0.25) is 0 Å². The molecule has 0 heterocycles. The van der Waals surface area contributed by atoms with Gasteiger partial charge in [-0.2, -0.15) is 0 Å². The summed E-state index contributed by atoms with van der Waals surface area (Å²) in [6.07, 6.45) is 1.10. The minimum Gasteiger partial charge on any atom is -0.459 e. The van der Waals surface area contributed by atoms with E-state index in [2.05, 4.69) is 5.32 Å². The second-order valence-electron chi connectivity index (χ2n) is 8.50. The maximum atomic E-state index is 13.4. The fraction of sp³-hybridized carbons (Fsp3) is 0.207. The molecule has 0 saturated carbocycles. The topological polar surface area (TPSA) is 81.7 Å². The highest BCUT2D eigenvalue weighted by atomic mass is 16.5. The summed E-state index contributed by atoms with van der Waals surface area (Å²) in [5, 5.41) is 2.84. The molecule has 0 bridgehead atoms.